The van der Waals surface area contributed by atoms with Gasteiger partial charge in [0.25, 0.3) is 0 Å². The summed E-state index contributed by atoms with van der Waals surface area (Å²) < 4.78 is 5.22. The van der Waals surface area contributed by atoms with Crippen molar-refractivity contribution in [2.75, 3.05) is 6.61 Å². The van der Waals surface area contributed by atoms with Gasteiger partial charge < -0.3 is 4.74 Å². The van der Waals surface area contributed by atoms with Crippen molar-refractivity contribution in [3.8, 4) is 0 Å². The van der Waals surface area contributed by atoms with E-state index < -0.39 is 5.92 Å². The second-order valence-electron chi connectivity index (χ2n) is 12.2. The Bertz CT molecular complexity index is 621. The van der Waals surface area contributed by atoms with Crippen molar-refractivity contribution in [3.63, 3.8) is 0 Å². The number of ketones is 1. The maximum absolute atomic E-state index is 12.8. The van der Waals surface area contributed by atoms with Gasteiger partial charge in [-0.1, -0.05) is 160 Å². The zero-order valence-electron chi connectivity index (χ0n) is 27.9. The minimum atomic E-state index is -0.630. The Morgan fingerprint density at radius 2 is 0.854 bits per heavy atom. The van der Waals surface area contributed by atoms with E-state index in [9.17, 15) is 9.59 Å². The van der Waals surface area contributed by atoms with Gasteiger partial charge in [0.1, 0.15) is 5.92 Å². The van der Waals surface area contributed by atoms with E-state index in [0.29, 0.717) is 13.0 Å². The Hall–Kier alpha value is -1.38. The summed E-state index contributed by atoms with van der Waals surface area (Å²) in [6.07, 6.45) is 42.1. The Morgan fingerprint density at radius 3 is 1.27 bits per heavy atom. The average molecular weight is 575 g/mol. The number of esters is 1. The van der Waals surface area contributed by atoms with Crippen LogP contribution >= 0.6 is 0 Å². The molecule has 0 spiro atoms. The highest BCUT2D eigenvalue weighted by molar-refractivity contribution is 6.04. The van der Waals surface area contributed by atoms with Gasteiger partial charge in [-0.05, 0) is 57.9 Å². The van der Waals surface area contributed by atoms with E-state index in [-0.39, 0.29) is 11.8 Å². The summed E-state index contributed by atoms with van der Waals surface area (Å²) in [7, 11) is 0. The van der Waals surface area contributed by atoms with Crippen LogP contribution in [0.5, 0.6) is 0 Å². The lowest BCUT2D eigenvalue weighted by molar-refractivity contribution is -0.150. The maximum Gasteiger partial charge on any atom is 0.316 e. The largest absolute Gasteiger partial charge is 0.465 e. The van der Waals surface area contributed by atoms with E-state index in [1.165, 1.54) is 128 Å². The number of rotatable bonds is 32. The van der Waals surface area contributed by atoms with Crippen LogP contribution in [0.2, 0.25) is 0 Å². The smallest absolute Gasteiger partial charge is 0.316 e. The standard InChI is InChI=1S/C38H70O3/c1-4-7-9-11-13-15-17-19-21-23-25-27-29-31-33-35-37(39)36(38(40)41-6-3)34-32-30-28-26-24-22-20-18-16-14-12-10-8-5-2/h20,22,33,35-36H,4-19,21,23-32,34H2,1-3H3/b22-20-,35-33?. The molecule has 0 fully saturated rings. The van der Waals surface area contributed by atoms with Gasteiger partial charge >= 0.3 is 5.97 Å². The summed E-state index contributed by atoms with van der Waals surface area (Å²) in [4.78, 5) is 25.2. The molecule has 1 unspecified atom stereocenters. The molecule has 240 valence electrons. The first-order chi connectivity index (χ1) is 20.2. The lowest BCUT2D eigenvalue weighted by Crippen LogP contribution is -2.25. The zero-order valence-corrected chi connectivity index (χ0v) is 27.9. The minimum absolute atomic E-state index is 0.0734. The highest BCUT2D eigenvalue weighted by atomic mass is 16.5. The number of hydrogen-bond donors (Lipinski definition) is 0. The Balaban J connectivity index is 3.89. The van der Waals surface area contributed by atoms with Crippen LogP contribution in [0.1, 0.15) is 194 Å². The first kappa shape index (κ1) is 39.6. The van der Waals surface area contributed by atoms with Gasteiger partial charge in [0, 0.05) is 0 Å². The molecule has 0 radical (unpaired) electrons. The number of hydrogen-bond acceptors (Lipinski definition) is 3. The molecule has 0 aliphatic carbocycles. The zero-order chi connectivity index (χ0) is 30.1. The molecule has 3 heteroatoms. The maximum atomic E-state index is 12.8. The Kier molecular flexibility index (Phi) is 32.0. The minimum Gasteiger partial charge on any atom is -0.465 e. The molecule has 41 heavy (non-hydrogen) atoms. The Labute approximate surface area is 256 Å². The van der Waals surface area contributed by atoms with Gasteiger partial charge in [0.15, 0.2) is 5.78 Å². The van der Waals surface area contributed by atoms with Gasteiger partial charge in [0.05, 0.1) is 6.61 Å². The third-order valence-corrected chi connectivity index (χ3v) is 8.18. The highest BCUT2D eigenvalue weighted by Crippen LogP contribution is 2.17. The molecule has 0 aliphatic heterocycles. The second kappa shape index (κ2) is 33.1. The molecule has 0 N–H and O–H groups in total. The van der Waals surface area contributed by atoms with Crippen molar-refractivity contribution in [2.45, 2.75) is 194 Å². The Morgan fingerprint density at radius 1 is 0.488 bits per heavy atom. The van der Waals surface area contributed by atoms with Crippen LogP contribution in [0.25, 0.3) is 0 Å². The van der Waals surface area contributed by atoms with Gasteiger partial charge in [-0.2, -0.15) is 0 Å². The number of allylic oxidation sites excluding steroid dienone is 4. The first-order valence-corrected chi connectivity index (χ1v) is 18.2. The number of carbonyl (C=O) groups is 2. The van der Waals surface area contributed by atoms with Crippen LogP contribution in [0, 0.1) is 5.92 Å². The predicted molar refractivity (Wildman–Crippen MR) is 179 cm³/mol. The monoisotopic (exact) mass is 575 g/mol. The lowest BCUT2D eigenvalue weighted by Gasteiger charge is -2.12. The molecule has 0 aromatic carbocycles. The van der Waals surface area contributed by atoms with E-state index >= 15 is 0 Å². The van der Waals surface area contributed by atoms with Crippen molar-refractivity contribution < 1.29 is 14.3 Å². The molecule has 0 amide bonds. The molecule has 3 nitrogen and oxygen atoms in total. The molecule has 0 rings (SSSR count). The van der Waals surface area contributed by atoms with Crippen LogP contribution in [0.3, 0.4) is 0 Å². The lowest BCUT2D eigenvalue weighted by atomic mass is 9.95. The molecular weight excluding hydrogens is 504 g/mol. The summed E-state index contributed by atoms with van der Waals surface area (Å²) in [5.74, 6) is -1.05. The fraction of sp³-hybridized carbons (Fsp3) is 0.842. The van der Waals surface area contributed by atoms with E-state index in [0.717, 1.165) is 38.5 Å². The fourth-order valence-electron chi connectivity index (χ4n) is 5.46. The summed E-state index contributed by atoms with van der Waals surface area (Å²) >= 11 is 0. The van der Waals surface area contributed by atoms with E-state index in [4.69, 9.17) is 4.74 Å². The van der Waals surface area contributed by atoms with E-state index in [1.807, 2.05) is 13.0 Å². The number of carbonyl (C=O) groups excluding carboxylic acids is 2. The molecule has 0 aromatic rings. The molecule has 0 heterocycles. The van der Waals surface area contributed by atoms with Gasteiger partial charge in [-0.3, -0.25) is 9.59 Å². The van der Waals surface area contributed by atoms with Crippen LogP contribution in [0.4, 0.5) is 0 Å². The summed E-state index contributed by atoms with van der Waals surface area (Å²) in [6, 6.07) is 0. The van der Waals surface area contributed by atoms with Crippen molar-refractivity contribution in [1.82, 2.24) is 0 Å². The van der Waals surface area contributed by atoms with Crippen LogP contribution in [-0.2, 0) is 14.3 Å². The first-order valence-electron chi connectivity index (χ1n) is 18.2. The third-order valence-electron chi connectivity index (χ3n) is 8.18. The van der Waals surface area contributed by atoms with Crippen molar-refractivity contribution >= 4 is 11.8 Å². The highest BCUT2D eigenvalue weighted by Gasteiger charge is 2.25. The molecule has 1 atom stereocenters. The van der Waals surface area contributed by atoms with Gasteiger partial charge in [-0.25, -0.2) is 0 Å². The SMILES string of the molecule is CCCCCCCC/C=C\CCCCCCC(C(=O)C=CCCCCCCCCCCCCCCC)C(=O)OCC. The fourth-order valence-corrected chi connectivity index (χ4v) is 5.46. The summed E-state index contributed by atoms with van der Waals surface area (Å²) in [5, 5.41) is 0. The third kappa shape index (κ3) is 28.5. The second-order valence-corrected chi connectivity index (χ2v) is 12.2. The van der Waals surface area contributed by atoms with E-state index in [2.05, 4.69) is 26.0 Å². The van der Waals surface area contributed by atoms with Crippen molar-refractivity contribution in [1.29, 1.82) is 0 Å². The molecular formula is C38H70O3. The normalized spacial score (nSPS) is 12.5. The summed E-state index contributed by atoms with van der Waals surface area (Å²) in [6.45, 7) is 6.68. The quantitative estimate of drug-likeness (QED) is 0.0264. The molecule has 0 saturated heterocycles. The van der Waals surface area contributed by atoms with Crippen LogP contribution in [-0.4, -0.2) is 18.4 Å². The van der Waals surface area contributed by atoms with Crippen molar-refractivity contribution in [2.24, 2.45) is 5.92 Å². The van der Waals surface area contributed by atoms with Gasteiger partial charge in [0.2, 0.25) is 0 Å². The van der Waals surface area contributed by atoms with Gasteiger partial charge in [-0.15, -0.1) is 0 Å². The molecule has 0 saturated carbocycles. The van der Waals surface area contributed by atoms with E-state index in [1.54, 1.807) is 6.08 Å². The predicted octanol–water partition coefficient (Wildman–Crippen LogP) is 12.4. The molecule has 0 bridgehead atoms. The molecule has 0 aliphatic rings. The average Bonchev–Trinajstić information content (AvgIpc) is 2.97. The number of ether oxygens (including phenoxy) is 1. The topological polar surface area (TPSA) is 43.4 Å². The number of unbranched alkanes of at least 4 members (excludes halogenated alkanes) is 23. The summed E-state index contributed by atoms with van der Waals surface area (Å²) in [5.41, 5.74) is 0. The van der Waals surface area contributed by atoms with Crippen molar-refractivity contribution in [3.05, 3.63) is 24.3 Å². The van der Waals surface area contributed by atoms with Crippen LogP contribution < -0.4 is 0 Å². The molecule has 0 aromatic heterocycles. The van der Waals surface area contributed by atoms with Crippen LogP contribution in [0.15, 0.2) is 24.3 Å².